The molecule has 0 aromatic carbocycles. The van der Waals surface area contributed by atoms with E-state index in [9.17, 15) is 27.9 Å². The van der Waals surface area contributed by atoms with E-state index in [-0.39, 0.29) is 12.3 Å². The van der Waals surface area contributed by atoms with Crippen LogP contribution in [0.15, 0.2) is 0 Å². The molecule has 2 saturated heterocycles. The number of sulfone groups is 1. The summed E-state index contributed by atoms with van der Waals surface area (Å²) in [6, 6.07) is -2.33. The summed E-state index contributed by atoms with van der Waals surface area (Å²) in [7, 11) is -3.68. The van der Waals surface area contributed by atoms with Crippen molar-refractivity contribution in [2.45, 2.75) is 62.7 Å². The molecular weight excluding hydrogens is 324 g/mol. The molecule has 2 N–H and O–H groups in total. The SMILES string of the molecule is CC[C@H](C)[C@H](NC(=O)[C@H]1N2C(=O)C[C@@H]2S(=O)(=O)C1(C)C)C(=O)O. The molecule has 130 valence electrons. The number of aliphatic carboxylic acids is 1. The van der Waals surface area contributed by atoms with Crippen LogP contribution < -0.4 is 5.32 Å². The summed E-state index contributed by atoms with van der Waals surface area (Å²) >= 11 is 0. The van der Waals surface area contributed by atoms with E-state index in [1.54, 1.807) is 13.8 Å². The van der Waals surface area contributed by atoms with Crippen molar-refractivity contribution in [1.82, 2.24) is 10.2 Å². The highest BCUT2D eigenvalue weighted by atomic mass is 32.2. The Morgan fingerprint density at radius 2 is 2.00 bits per heavy atom. The number of carboxylic acid groups (broad SMARTS) is 1. The first kappa shape index (κ1) is 17.7. The Hall–Kier alpha value is -1.64. The van der Waals surface area contributed by atoms with Gasteiger partial charge in [0.05, 0.1) is 11.2 Å². The third-order valence-electron chi connectivity index (χ3n) is 5.00. The first-order valence-electron chi connectivity index (χ1n) is 7.54. The minimum Gasteiger partial charge on any atom is -0.480 e. The van der Waals surface area contributed by atoms with Gasteiger partial charge >= 0.3 is 5.97 Å². The molecule has 0 spiro atoms. The van der Waals surface area contributed by atoms with Crippen LogP contribution >= 0.6 is 0 Å². The van der Waals surface area contributed by atoms with Gasteiger partial charge in [-0.2, -0.15) is 0 Å². The third kappa shape index (κ3) is 2.41. The van der Waals surface area contributed by atoms with Crippen LogP contribution in [0.5, 0.6) is 0 Å². The Morgan fingerprint density at radius 3 is 2.43 bits per heavy atom. The van der Waals surface area contributed by atoms with Gasteiger partial charge in [0.15, 0.2) is 9.84 Å². The lowest BCUT2D eigenvalue weighted by Gasteiger charge is -2.37. The number of nitrogens with one attached hydrogen (secondary N) is 1. The standard InChI is InChI=1S/C14H22N2O6S/c1-5-7(2)10(13(19)20)15-12(18)11-14(3,4)23(21,22)9-6-8(17)16(9)11/h7,9-11H,5-6H2,1-4H3,(H,15,18)(H,19,20)/t7-,9-,10-,11+/m0/s1. The number of carboxylic acids is 1. The Bertz CT molecular complexity index is 656. The van der Waals surface area contributed by atoms with E-state index < -0.39 is 49.8 Å². The van der Waals surface area contributed by atoms with Crippen molar-refractivity contribution in [3.63, 3.8) is 0 Å². The molecule has 0 saturated carbocycles. The molecule has 2 aliphatic heterocycles. The summed E-state index contributed by atoms with van der Waals surface area (Å²) in [5, 5.41) is 10.7. The Balaban J connectivity index is 2.31. The van der Waals surface area contributed by atoms with Crippen molar-refractivity contribution >= 4 is 27.6 Å². The van der Waals surface area contributed by atoms with E-state index >= 15 is 0 Å². The number of hydrogen-bond donors (Lipinski definition) is 2. The Kier molecular flexibility index (Phi) is 4.21. The maximum absolute atomic E-state index is 12.6. The molecule has 2 heterocycles. The second-order valence-corrected chi connectivity index (χ2v) is 9.41. The lowest BCUT2D eigenvalue weighted by molar-refractivity contribution is -0.151. The molecule has 2 aliphatic rings. The number of fused-ring (bicyclic) bond motifs is 1. The lowest BCUT2D eigenvalue weighted by Crippen LogP contribution is -2.61. The number of rotatable bonds is 5. The Labute approximate surface area is 135 Å². The molecule has 2 rings (SSSR count). The third-order valence-corrected chi connectivity index (χ3v) is 7.80. The van der Waals surface area contributed by atoms with E-state index in [1.165, 1.54) is 13.8 Å². The molecule has 2 fully saturated rings. The van der Waals surface area contributed by atoms with Gasteiger partial charge in [-0.25, -0.2) is 13.2 Å². The van der Waals surface area contributed by atoms with Crippen LogP contribution in [0.4, 0.5) is 0 Å². The highest BCUT2D eigenvalue weighted by Crippen LogP contribution is 2.45. The highest BCUT2D eigenvalue weighted by Gasteiger charge is 2.67. The molecule has 4 atom stereocenters. The molecule has 0 aromatic rings. The van der Waals surface area contributed by atoms with Crippen molar-refractivity contribution in [1.29, 1.82) is 0 Å². The van der Waals surface area contributed by atoms with Crippen LogP contribution in [0.3, 0.4) is 0 Å². The molecule has 0 radical (unpaired) electrons. The van der Waals surface area contributed by atoms with Gasteiger partial charge in [0.25, 0.3) is 0 Å². The summed E-state index contributed by atoms with van der Waals surface area (Å²) in [5.41, 5.74) is 0. The van der Waals surface area contributed by atoms with Gasteiger partial charge in [-0.3, -0.25) is 9.59 Å². The van der Waals surface area contributed by atoms with Crippen LogP contribution in [0.1, 0.15) is 40.5 Å². The number of nitrogens with zero attached hydrogens (tertiary/aromatic N) is 1. The quantitative estimate of drug-likeness (QED) is 0.661. The van der Waals surface area contributed by atoms with Crippen LogP contribution in [-0.4, -0.2) is 58.4 Å². The van der Waals surface area contributed by atoms with Gasteiger partial charge in [-0.05, 0) is 19.8 Å². The van der Waals surface area contributed by atoms with Crippen molar-refractivity contribution < 1.29 is 27.9 Å². The van der Waals surface area contributed by atoms with E-state index in [1.807, 2.05) is 0 Å². The molecule has 0 aromatic heterocycles. The van der Waals surface area contributed by atoms with Gasteiger partial charge in [0, 0.05) is 0 Å². The van der Waals surface area contributed by atoms with Gasteiger partial charge in [-0.1, -0.05) is 20.3 Å². The van der Waals surface area contributed by atoms with Crippen LogP contribution in [0, 0.1) is 5.92 Å². The summed E-state index contributed by atoms with van der Waals surface area (Å²) in [6.07, 6.45) is 0.415. The molecule has 23 heavy (non-hydrogen) atoms. The number of amides is 2. The van der Waals surface area contributed by atoms with E-state index in [0.29, 0.717) is 6.42 Å². The van der Waals surface area contributed by atoms with Crippen LogP contribution in [-0.2, 0) is 24.2 Å². The van der Waals surface area contributed by atoms with Crippen molar-refractivity contribution in [2.24, 2.45) is 5.92 Å². The van der Waals surface area contributed by atoms with Gasteiger partial charge in [0.1, 0.15) is 17.5 Å². The van der Waals surface area contributed by atoms with Crippen LogP contribution in [0.2, 0.25) is 0 Å². The van der Waals surface area contributed by atoms with E-state index in [2.05, 4.69) is 5.32 Å². The maximum Gasteiger partial charge on any atom is 0.326 e. The molecule has 0 unspecified atom stereocenters. The second-order valence-electron chi connectivity index (χ2n) is 6.72. The zero-order valence-corrected chi connectivity index (χ0v) is 14.4. The molecule has 9 heteroatoms. The largest absolute Gasteiger partial charge is 0.480 e. The number of hydrogen-bond acceptors (Lipinski definition) is 5. The fourth-order valence-electron chi connectivity index (χ4n) is 3.17. The summed E-state index contributed by atoms with van der Waals surface area (Å²) in [5.74, 6) is -2.64. The lowest BCUT2D eigenvalue weighted by atomic mass is 9.95. The molecule has 8 nitrogen and oxygen atoms in total. The van der Waals surface area contributed by atoms with Gasteiger partial charge in [0.2, 0.25) is 11.8 Å². The average Bonchev–Trinajstić information content (AvgIpc) is 2.57. The molecule has 2 amide bonds. The van der Waals surface area contributed by atoms with Crippen LogP contribution in [0.25, 0.3) is 0 Å². The normalized spacial score (nSPS) is 30.1. The highest BCUT2D eigenvalue weighted by molar-refractivity contribution is 7.93. The van der Waals surface area contributed by atoms with Gasteiger partial charge < -0.3 is 15.3 Å². The average molecular weight is 346 g/mol. The molecular formula is C14H22N2O6S. The van der Waals surface area contributed by atoms with E-state index in [4.69, 9.17) is 0 Å². The zero-order chi connectivity index (χ0) is 17.7. The maximum atomic E-state index is 12.6. The molecule has 0 aliphatic carbocycles. The number of carbonyl (C=O) groups is 3. The fourth-order valence-corrected chi connectivity index (χ4v) is 5.30. The topological polar surface area (TPSA) is 121 Å². The van der Waals surface area contributed by atoms with Crippen molar-refractivity contribution in [3.05, 3.63) is 0 Å². The second kappa shape index (κ2) is 5.47. The minimum atomic E-state index is -3.68. The fraction of sp³-hybridized carbons (Fsp3) is 0.786. The summed E-state index contributed by atoms with van der Waals surface area (Å²) in [6.45, 7) is 6.29. The van der Waals surface area contributed by atoms with Crippen molar-refractivity contribution in [3.8, 4) is 0 Å². The van der Waals surface area contributed by atoms with E-state index in [0.717, 1.165) is 4.90 Å². The minimum absolute atomic E-state index is 0.122. The zero-order valence-electron chi connectivity index (χ0n) is 13.6. The molecule has 0 bridgehead atoms. The smallest absolute Gasteiger partial charge is 0.326 e. The summed E-state index contributed by atoms with van der Waals surface area (Å²) < 4.78 is 23.5. The predicted molar refractivity (Wildman–Crippen MR) is 81.1 cm³/mol. The Morgan fingerprint density at radius 1 is 1.43 bits per heavy atom. The first-order valence-corrected chi connectivity index (χ1v) is 9.09. The number of carbonyl (C=O) groups excluding carboxylic acids is 2. The first-order chi connectivity index (χ1) is 10.5. The monoisotopic (exact) mass is 346 g/mol. The van der Waals surface area contributed by atoms with Gasteiger partial charge in [-0.15, -0.1) is 0 Å². The number of β-lactam (4-membered cyclic amide) rings is 1. The summed E-state index contributed by atoms with van der Waals surface area (Å²) in [4.78, 5) is 36.8. The predicted octanol–water partition coefficient (Wildman–Crippen LogP) is -0.264. The van der Waals surface area contributed by atoms with Crippen molar-refractivity contribution in [2.75, 3.05) is 0 Å².